The average molecular weight is 462 g/mol. The summed E-state index contributed by atoms with van der Waals surface area (Å²) in [5, 5.41) is 0. The van der Waals surface area contributed by atoms with Crippen LogP contribution in [-0.2, 0) is 5.41 Å². The third-order valence-corrected chi connectivity index (χ3v) is 5.18. The minimum absolute atomic E-state index is 0.00865. The molecular weight excluding hydrogens is 450 g/mol. The summed E-state index contributed by atoms with van der Waals surface area (Å²) in [7, 11) is 0. The molecule has 0 bridgehead atoms. The number of para-hydroxylation sites is 2. The summed E-state index contributed by atoms with van der Waals surface area (Å²) in [5.74, 6) is 2.03. The Morgan fingerprint density at radius 2 is 1.28 bits per heavy atom. The maximum Gasteiger partial charge on any atom is 0.144 e. The normalized spacial score (nSPS) is 15.6. The van der Waals surface area contributed by atoms with Crippen molar-refractivity contribution in [3.05, 3.63) is 54.7 Å². The number of benzene rings is 2. The molecule has 0 fully saturated rings. The Kier molecular flexibility index (Phi) is 3.09. The third kappa shape index (κ3) is 1.78. The fourth-order valence-corrected chi connectivity index (χ4v) is 3.67. The number of fused-ring (bicyclic) bond motifs is 2. The second-order valence-corrected chi connectivity index (χ2v) is 7.28. The lowest BCUT2D eigenvalue weighted by molar-refractivity contribution is 0.412. The fourth-order valence-electron chi connectivity index (χ4n) is 2.46. The van der Waals surface area contributed by atoms with Crippen molar-refractivity contribution in [1.82, 2.24) is 0 Å². The van der Waals surface area contributed by atoms with E-state index in [0.29, 0.717) is 0 Å². The first-order valence-corrected chi connectivity index (χ1v) is 7.93. The van der Waals surface area contributed by atoms with Crippen LogP contribution in [0.1, 0.15) is 25.0 Å². The van der Waals surface area contributed by atoms with Crippen molar-refractivity contribution in [2.24, 2.45) is 0 Å². The molecule has 2 aromatic rings. The standard InChI is InChI=1S/C15H12I2O/c1-15(2)9-5-3-7-11(16)13(9)18-14-10(15)6-4-8-12(14)17/h3-8H,1-2H3. The van der Waals surface area contributed by atoms with Gasteiger partial charge in [-0.25, -0.2) is 0 Å². The highest BCUT2D eigenvalue weighted by Gasteiger charge is 2.35. The lowest BCUT2D eigenvalue weighted by Gasteiger charge is -2.35. The van der Waals surface area contributed by atoms with E-state index in [1.54, 1.807) is 0 Å². The molecule has 0 aliphatic carbocycles. The number of halogens is 2. The molecule has 0 unspecified atom stereocenters. The van der Waals surface area contributed by atoms with Crippen molar-refractivity contribution in [3.8, 4) is 11.5 Å². The van der Waals surface area contributed by atoms with Crippen molar-refractivity contribution in [2.45, 2.75) is 19.3 Å². The molecule has 0 amide bonds. The molecule has 1 aliphatic heterocycles. The number of hydrogen-bond acceptors (Lipinski definition) is 1. The van der Waals surface area contributed by atoms with Gasteiger partial charge in [-0.05, 0) is 57.3 Å². The van der Waals surface area contributed by atoms with Gasteiger partial charge in [0.25, 0.3) is 0 Å². The highest BCUT2D eigenvalue weighted by atomic mass is 127. The molecular formula is C15H12I2O. The molecule has 1 heterocycles. The van der Waals surface area contributed by atoms with E-state index in [1.807, 2.05) is 0 Å². The zero-order valence-electron chi connectivity index (χ0n) is 10.1. The summed E-state index contributed by atoms with van der Waals surface area (Å²) in [6.07, 6.45) is 0. The summed E-state index contributed by atoms with van der Waals surface area (Å²) in [6, 6.07) is 12.7. The lowest BCUT2D eigenvalue weighted by atomic mass is 9.76. The maximum atomic E-state index is 6.16. The van der Waals surface area contributed by atoms with E-state index in [0.717, 1.165) is 11.5 Å². The summed E-state index contributed by atoms with van der Waals surface area (Å²) in [6.45, 7) is 4.53. The SMILES string of the molecule is CC1(C)c2cccc(I)c2Oc2c(I)cccc21. The zero-order valence-corrected chi connectivity index (χ0v) is 14.4. The summed E-state index contributed by atoms with van der Waals surface area (Å²) >= 11 is 4.69. The van der Waals surface area contributed by atoms with Gasteiger partial charge in [0, 0.05) is 16.5 Å². The van der Waals surface area contributed by atoms with Crippen molar-refractivity contribution in [2.75, 3.05) is 0 Å². The molecule has 1 nitrogen and oxygen atoms in total. The van der Waals surface area contributed by atoms with E-state index in [2.05, 4.69) is 95.4 Å². The van der Waals surface area contributed by atoms with Gasteiger partial charge in [-0.15, -0.1) is 0 Å². The Balaban J connectivity index is 2.33. The Hall–Kier alpha value is -0.300. The Morgan fingerprint density at radius 3 is 1.72 bits per heavy atom. The van der Waals surface area contributed by atoms with Crippen LogP contribution in [0.5, 0.6) is 11.5 Å². The van der Waals surface area contributed by atoms with Crippen LogP contribution < -0.4 is 4.74 Å². The van der Waals surface area contributed by atoms with Gasteiger partial charge in [0.05, 0.1) is 7.14 Å². The predicted octanol–water partition coefficient (Wildman–Crippen LogP) is 5.33. The topological polar surface area (TPSA) is 9.23 Å². The number of hydrogen-bond donors (Lipinski definition) is 0. The molecule has 18 heavy (non-hydrogen) atoms. The first-order valence-electron chi connectivity index (χ1n) is 5.77. The number of rotatable bonds is 0. The van der Waals surface area contributed by atoms with Gasteiger partial charge in [0.2, 0.25) is 0 Å². The minimum Gasteiger partial charge on any atom is -0.454 e. The monoisotopic (exact) mass is 462 g/mol. The molecule has 3 rings (SSSR count). The van der Waals surface area contributed by atoms with Crippen LogP contribution in [0, 0.1) is 7.14 Å². The van der Waals surface area contributed by atoms with Crippen molar-refractivity contribution in [3.63, 3.8) is 0 Å². The van der Waals surface area contributed by atoms with E-state index in [4.69, 9.17) is 4.74 Å². The van der Waals surface area contributed by atoms with Gasteiger partial charge in [0.1, 0.15) is 11.5 Å². The Labute approximate surface area is 134 Å². The molecule has 0 aromatic heterocycles. The van der Waals surface area contributed by atoms with Gasteiger partial charge in [-0.2, -0.15) is 0 Å². The molecule has 0 radical (unpaired) electrons. The summed E-state index contributed by atoms with van der Waals surface area (Å²) < 4.78 is 8.50. The van der Waals surface area contributed by atoms with E-state index >= 15 is 0 Å². The van der Waals surface area contributed by atoms with Crippen LogP contribution in [0.15, 0.2) is 36.4 Å². The number of ether oxygens (including phenoxy) is 1. The molecule has 0 spiro atoms. The minimum atomic E-state index is -0.00865. The van der Waals surface area contributed by atoms with E-state index in [9.17, 15) is 0 Å². The average Bonchev–Trinajstić information content (AvgIpc) is 2.32. The highest BCUT2D eigenvalue weighted by Crippen LogP contribution is 2.50. The molecule has 1 aliphatic rings. The molecule has 0 saturated carbocycles. The second kappa shape index (κ2) is 4.37. The summed E-state index contributed by atoms with van der Waals surface area (Å²) in [5.41, 5.74) is 2.53. The van der Waals surface area contributed by atoms with Gasteiger partial charge in [-0.3, -0.25) is 0 Å². The molecule has 2 aromatic carbocycles. The lowest BCUT2D eigenvalue weighted by Crippen LogP contribution is -2.25. The highest BCUT2D eigenvalue weighted by molar-refractivity contribution is 14.1. The second-order valence-electron chi connectivity index (χ2n) is 4.96. The van der Waals surface area contributed by atoms with Crippen LogP contribution >= 0.6 is 45.2 Å². The van der Waals surface area contributed by atoms with Crippen molar-refractivity contribution in [1.29, 1.82) is 0 Å². The molecule has 92 valence electrons. The van der Waals surface area contributed by atoms with Gasteiger partial charge >= 0.3 is 0 Å². The zero-order chi connectivity index (χ0) is 12.9. The van der Waals surface area contributed by atoms with Crippen molar-refractivity contribution >= 4 is 45.2 Å². The van der Waals surface area contributed by atoms with Gasteiger partial charge in [0.15, 0.2) is 0 Å². The fraction of sp³-hybridized carbons (Fsp3) is 0.200. The van der Waals surface area contributed by atoms with Crippen LogP contribution in [0.3, 0.4) is 0 Å². The Morgan fingerprint density at radius 1 is 0.833 bits per heavy atom. The quantitative estimate of drug-likeness (QED) is 0.482. The van der Waals surface area contributed by atoms with Crippen LogP contribution in [0.25, 0.3) is 0 Å². The van der Waals surface area contributed by atoms with Crippen molar-refractivity contribution < 1.29 is 4.74 Å². The van der Waals surface area contributed by atoms with Crippen LogP contribution in [0.2, 0.25) is 0 Å². The largest absolute Gasteiger partial charge is 0.454 e. The molecule has 0 atom stereocenters. The molecule has 3 heteroatoms. The van der Waals surface area contributed by atoms with Crippen LogP contribution in [0.4, 0.5) is 0 Å². The van der Waals surface area contributed by atoms with Gasteiger partial charge < -0.3 is 4.74 Å². The van der Waals surface area contributed by atoms with Crippen LogP contribution in [-0.4, -0.2) is 0 Å². The smallest absolute Gasteiger partial charge is 0.144 e. The van der Waals surface area contributed by atoms with Gasteiger partial charge in [-0.1, -0.05) is 38.1 Å². The van der Waals surface area contributed by atoms with E-state index in [1.165, 1.54) is 18.3 Å². The first-order chi connectivity index (χ1) is 8.51. The third-order valence-electron chi connectivity index (χ3n) is 3.48. The maximum absolute atomic E-state index is 6.16. The molecule has 0 N–H and O–H groups in total. The summed E-state index contributed by atoms with van der Waals surface area (Å²) in [4.78, 5) is 0. The molecule has 0 saturated heterocycles. The van der Waals surface area contributed by atoms with E-state index < -0.39 is 0 Å². The van der Waals surface area contributed by atoms with E-state index in [-0.39, 0.29) is 5.41 Å². The Bertz CT molecular complexity index is 579. The predicted molar refractivity (Wildman–Crippen MR) is 90.5 cm³/mol. The first kappa shape index (κ1) is 12.7.